The quantitative estimate of drug-likeness (QED) is 0.292. The fourth-order valence-electron chi connectivity index (χ4n) is 2.05. The van der Waals surface area contributed by atoms with Crippen molar-refractivity contribution in [2.45, 2.75) is 45.6 Å². The highest BCUT2D eigenvalue weighted by molar-refractivity contribution is 7.80. The van der Waals surface area contributed by atoms with Crippen molar-refractivity contribution in [3.05, 3.63) is 11.6 Å². The van der Waals surface area contributed by atoms with Gasteiger partial charge in [0.25, 0.3) is 0 Å². The molecule has 4 heteroatoms. The molecule has 0 heterocycles. The van der Waals surface area contributed by atoms with Crippen LogP contribution in [0.25, 0.3) is 0 Å². The molecule has 0 bridgehead atoms. The van der Waals surface area contributed by atoms with Crippen LogP contribution in [0.5, 0.6) is 0 Å². The van der Waals surface area contributed by atoms with Crippen molar-refractivity contribution in [1.29, 1.82) is 0 Å². The summed E-state index contributed by atoms with van der Waals surface area (Å²) in [6, 6.07) is 0. The average Bonchev–Trinajstić information content (AvgIpc) is 2.17. The second kappa shape index (κ2) is 4.94. The lowest BCUT2D eigenvalue weighted by molar-refractivity contribution is 0.265. The van der Waals surface area contributed by atoms with E-state index in [1.807, 2.05) is 0 Å². The molecule has 0 aromatic carbocycles. The predicted molar refractivity (Wildman–Crippen MR) is 68.2 cm³/mol. The van der Waals surface area contributed by atoms with Gasteiger partial charge in [-0.3, -0.25) is 0 Å². The number of hydrogen-bond acceptors (Lipinski definition) is 2. The third-order valence-electron chi connectivity index (χ3n) is 3.23. The van der Waals surface area contributed by atoms with Gasteiger partial charge in [-0.2, -0.15) is 0 Å². The maximum Gasteiger partial charge on any atom is 0.181 e. The van der Waals surface area contributed by atoms with Gasteiger partial charge in [-0.05, 0) is 58.2 Å². The number of hydrazine groups is 1. The maximum absolute atomic E-state index is 5.27. The van der Waals surface area contributed by atoms with E-state index in [2.05, 4.69) is 37.6 Å². The van der Waals surface area contributed by atoms with E-state index < -0.39 is 0 Å². The van der Waals surface area contributed by atoms with Crippen molar-refractivity contribution in [1.82, 2.24) is 10.7 Å². The van der Waals surface area contributed by atoms with Gasteiger partial charge in [0, 0.05) is 5.54 Å². The topological polar surface area (TPSA) is 50.1 Å². The van der Waals surface area contributed by atoms with Crippen LogP contribution in [0.2, 0.25) is 0 Å². The van der Waals surface area contributed by atoms with Gasteiger partial charge in [-0.1, -0.05) is 11.6 Å². The van der Waals surface area contributed by atoms with Crippen LogP contribution in [0.1, 0.15) is 40.0 Å². The molecule has 0 fully saturated rings. The van der Waals surface area contributed by atoms with Crippen molar-refractivity contribution in [3.63, 3.8) is 0 Å². The van der Waals surface area contributed by atoms with Gasteiger partial charge in [0.1, 0.15) is 0 Å². The highest BCUT2D eigenvalue weighted by Gasteiger charge is 2.30. The molecule has 0 saturated heterocycles. The van der Waals surface area contributed by atoms with Gasteiger partial charge in [0.05, 0.1) is 0 Å². The van der Waals surface area contributed by atoms with Gasteiger partial charge >= 0.3 is 0 Å². The summed E-state index contributed by atoms with van der Waals surface area (Å²) in [5.74, 6) is 5.88. The molecule has 1 rings (SSSR count). The molecule has 3 nitrogen and oxygen atoms in total. The maximum atomic E-state index is 5.27. The zero-order valence-corrected chi connectivity index (χ0v) is 10.6. The molecule has 0 aromatic heterocycles. The Bertz CT molecular complexity index is 271. The van der Waals surface area contributed by atoms with Crippen LogP contribution in [-0.2, 0) is 0 Å². The minimum atomic E-state index is 0.000648. The van der Waals surface area contributed by atoms with Crippen molar-refractivity contribution >= 4 is 17.3 Å². The van der Waals surface area contributed by atoms with Gasteiger partial charge in [0.15, 0.2) is 5.11 Å². The van der Waals surface area contributed by atoms with Crippen LogP contribution in [0.4, 0.5) is 0 Å². The molecule has 0 amide bonds. The van der Waals surface area contributed by atoms with Crippen LogP contribution in [0.15, 0.2) is 11.6 Å². The number of thiocarbonyl (C=S) groups is 1. The molecule has 15 heavy (non-hydrogen) atoms. The Morgan fingerprint density at radius 1 is 1.60 bits per heavy atom. The Hall–Kier alpha value is -0.610. The summed E-state index contributed by atoms with van der Waals surface area (Å²) in [5.41, 5.74) is 3.98. The van der Waals surface area contributed by atoms with E-state index in [0.717, 1.165) is 6.42 Å². The SMILES string of the molecule is CC1=CC[C@H](C(C)(C)NC(=S)NN)CC1. The zero-order valence-electron chi connectivity index (χ0n) is 9.76. The summed E-state index contributed by atoms with van der Waals surface area (Å²) >= 11 is 5.03. The lowest BCUT2D eigenvalue weighted by atomic mass is 9.77. The van der Waals surface area contributed by atoms with Crippen LogP contribution < -0.4 is 16.6 Å². The zero-order chi connectivity index (χ0) is 11.5. The molecule has 1 aliphatic rings. The largest absolute Gasteiger partial charge is 0.357 e. The van der Waals surface area contributed by atoms with E-state index >= 15 is 0 Å². The van der Waals surface area contributed by atoms with E-state index in [4.69, 9.17) is 18.1 Å². The first-order valence-electron chi connectivity index (χ1n) is 5.40. The molecule has 1 atom stereocenters. The van der Waals surface area contributed by atoms with Crippen molar-refractivity contribution in [2.24, 2.45) is 11.8 Å². The lowest BCUT2D eigenvalue weighted by Crippen LogP contribution is -2.54. The second-order valence-electron chi connectivity index (χ2n) is 4.84. The molecule has 0 spiro atoms. The normalized spacial score (nSPS) is 21.9. The highest BCUT2D eigenvalue weighted by Crippen LogP contribution is 2.31. The first-order valence-corrected chi connectivity index (χ1v) is 5.81. The number of nitrogens with two attached hydrogens (primary N) is 1. The summed E-state index contributed by atoms with van der Waals surface area (Å²) in [5, 5.41) is 3.78. The van der Waals surface area contributed by atoms with E-state index in [-0.39, 0.29) is 5.54 Å². The highest BCUT2D eigenvalue weighted by atomic mass is 32.1. The third-order valence-corrected chi connectivity index (χ3v) is 3.45. The molecule has 0 unspecified atom stereocenters. The Morgan fingerprint density at radius 3 is 2.73 bits per heavy atom. The molecule has 0 aliphatic heterocycles. The summed E-state index contributed by atoms with van der Waals surface area (Å²) in [4.78, 5) is 0. The number of hydrogen-bond donors (Lipinski definition) is 3. The van der Waals surface area contributed by atoms with Crippen LogP contribution >= 0.6 is 12.2 Å². The van der Waals surface area contributed by atoms with Crippen molar-refractivity contribution in [2.75, 3.05) is 0 Å². The van der Waals surface area contributed by atoms with E-state index in [0.29, 0.717) is 11.0 Å². The lowest BCUT2D eigenvalue weighted by Gasteiger charge is -2.37. The molecule has 4 N–H and O–H groups in total. The molecule has 0 saturated carbocycles. The summed E-state index contributed by atoms with van der Waals surface area (Å²) in [7, 11) is 0. The predicted octanol–water partition coefficient (Wildman–Crippen LogP) is 1.85. The molecule has 1 aliphatic carbocycles. The summed E-state index contributed by atoms with van der Waals surface area (Å²) in [6.45, 7) is 6.55. The van der Waals surface area contributed by atoms with Gasteiger partial charge < -0.3 is 10.7 Å². The first-order chi connectivity index (χ1) is 6.95. The Labute approximate surface area is 97.5 Å². The average molecular weight is 227 g/mol. The summed E-state index contributed by atoms with van der Waals surface area (Å²) < 4.78 is 0. The summed E-state index contributed by atoms with van der Waals surface area (Å²) in [6.07, 6.45) is 5.86. The Kier molecular flexibility index (Phi) is 4.11. The molecular weight excluding hydrogens is 206 g/mol. The number of nitrogens with one attached hydrogen (secondary N) is 2. The van der Waals surface area contributed by atoms with Crippen molar-refractivity contribution in [3.8, 4) is 0 Å². The van der Waals surface area contributed by atoms with Gasteiger partial charge in [-0.25, -0.2) is 5.84 Å². The molecule has 86 valence electrons. The minimum Gasteiger partial charge on any atom is -0.357 e. The molecule has 0 aromatic rings. The van der Waals surface area contributed by atoms with E-state index in [1.54, 1.807) is 0 Å². The van der Waals surface area contributed by atoms with Crippen LogP contribution in [0.3, 0.4) is 0 Å². The number of allylic oxidation sites excluding steroid dienone is 2. The third kappa shape index (κ3) is 3.47. The van der Waals surface area contributed by atoms with Crippen LogP contribution in [-0.4, -0.2) is 10.7 Å². The van der Waals surface area contributed by atoms with Crippen molar-refractivity contribution < 1.29 is 0 Å². The fraction of sp³-hybridized carbons (Fsp3) is 0.727. The second-order valence-corrected chi connectivity index (χ2v) is 5.25. The number of rotatable bonds is 2. The molecular formula is C11H21N3S. The standard InChI is InChI=1S/C11H21N3S/c1-8-4-6-9(7-5-8)11(2,3)13-10(15)14-12/h4,9H,5-7,12H2,1-3H3,(H2,13,14,15)/t9-/m0/s1. The van der Waals surface area contributed by atoms with Gasteiger partial charge in [0.2, 0.25) is 0 Å². The molecule has 0 radical (unpaired) electrons. The Morgan fingerprint density at radius 2 is 2.27 bits per heavy atom. The van der Waals surface area contributed by atoms with Gasteiger partial charge in [-0.15, -0.1) is 0 Å². The smallest absolute Gasteiger partial charge is 0.181 e. The van der Waals surface area contributed by atoms with E-state index in [1.165, 1.54) is 18.4 Å². The van der Waals surface area contributed by atoms with E-state index in [9.17, 15) is 0 Å². The van der Waals surface area contributed by atoms with Crippen LogP contribution in [0, 0.1) is 5.92 Å². The first kappa shape index (κ1) is 12.5. The Balaban J connectivity index is 2.58. The minimum absolute atomic E-state index is 0.000648. The monoisotopic (exact) mass is 227 g/mol. The fourth-order valence-corrected chi connectivity index (χ4v) is 2.31.